The van der Waals surface area contributed by atoms with E-state index in [2.05, 4.69) is 24.1 Å². The minimum absolute atomic E-state index is 0.0280. The van der Waals surface area contributed by atoms with Crippen molar-refractivity contribution in [1.29, 1.82) is 0 Å². The summed E-state index contributed by atoms with van der Waals surface area (Å²) in [6.07, 6.45) is 0.801. The fourth-order valence-corrected chi connectivity index (χ4v) is 5.20. The summed E-state index contributed by atoms with van der Waals surface area (Å²) in [6.45, 7) is 5.76. The molecule has 2 aromatic carbocycles. The minimum Gasteiger partial charge on any atom is -0.362 e. The van der Waals surface area contributed by atoms with Crippen LogP contribution in [0.1, 0.15) is 20.3 Å². The molecule has 3 aliphatic heterocycles. The lowest BCUT2D eigenvalue weighted by atomic mass is 10.1. The molecule has 1 N–H and O–H groups in total. The summed E-state index contributed by atoms with van der Waals surface area (Å²) in [5.41, 5.74) is 0.666. The highest BCUT2D eigenvalue weighted by atomic mass is 32.1. The largest absolute Gasteiger partial charge is 0.362 e. The number of benzene rings is 2. The number of rotatable bonds is 3. The topological polar surface area (TPSA) is 55.9 Å². The van der Waals surface area contributed by atoms with Crippen molar-refractivity contribution in [2.75, 3.05) is 18.0 Å². The normalized spacial score (nSPS) is 25.5. The number of anilines is 1. The second-order valence-electron chi connectivity index (χ2n) is 8.50. The minimum atomic E-state index is -0.459. The van der Waals surface area contributed by atoms with Crippen molar-refractivity contribution in [3.63, 3.8) is 0 Å². The van der Waals surface area contributed by atoms with Gasteiger partial charge in [0.2, 0.25) is 0 Å². The first-order valence-electron chi connectivity index (χ1n) is 10.2. The molecule has 2 aromatic rings. The van der Waals surface area contributed by atoms with E-state index in [1.807, 2.05) is 42.5 Å². The van der Waals surface area contributed by atoms with E-state index in [0.717, 1.165) is 23.7 Å². The van der Waals surface area contributed by atoms with Gasteiger partial charge in [-0.3, -0.25) is 4.79 Å². The van der Waals surface area contributed by atoms with E-state index in [9.17, 15) is 9.59 Å². The number of imide groups is 1. The van der Waals surface area contributed by atoms with Gasteiger partial charge in [0.15, 0.2) is 5.11 Å². The molecule has 3 atom stereocenters. The van der Waals surface area contributed by atoms with Gasteiger partial charge in [0.25, 0.3) is 5.91 Å². The highest BCUT2D eigenvalue weighted by Gasteiger charge is 2.62. The van der Waals surface area contributed by atoms with Gasteiger partial charge in [-0.15, -0.1) is 0 Å². The molecule has 0 aliphatic carbocycles. The van der Waals surface area contributed by atoms with Gasteiger partial charge in [-0.25, -0.2) is 9.69 Å². The van der Waals surface area contributed by atoms with Gasteiger partial charge in [0, 0.05) is 18.5 Å². The Morgan fingerprint density at radius 3 is 2.72 bits per heavy atom. The molecule has 3 amide bonds. The molecule has 0 radical (unpaired) electrons. The fourth-order valence-electron chi connectivity index (χ4n) is 4.91. The van der Waals surface area contributed by atoms with E-state index in [0.29, 0.717) is 23.3 Å². The van der Waals surface area contributed by atoms with E-state index in [-0.39, 0.29) is 24.0 Å². The zero-order valence-corrected chi connectivity index (χ0v) is 17.4. The Kier molecular flexibility index (Phi) is 4.24. The zero-order valence-electron chi connectivity index (χ0n) is 16.5. The number of thiocarbonyl (C=S) groups is 1. The van der Waals surface area contributed by atoms with Crippen LogP contribution in [0.2, 0.25) is 0 Å². The standard InChI is InChI=1S/C22H24N4O2S/c1-13(2)11-23-21(29)24-12-15-10-18(24)19-20(27)26(22(28)25(15)19)17-9-5-7-14-6-3-4-8-16(14)17/h3-9,13,15,18-19H,10-12H2,1-2H3,(H,23,29)/t15?,18?,19-/m1/s1. The summed E-state index contributed by atoms with van der Waals surface area (Å²) in [7, 11) is 0. The van der Waals surface area contributed by atoms with Crippen molar-refractivity contribution < 1.29 is 9.59 Å². The van der Waals surface area contributed by atoms with Crippen molar-refractivity contribution in [3.05, 3.63) is 42.5 Å². The van der Waals surface area contributed by atoms with Crippen molar-refractivity contribution in [2.24, 2.45) is 5.92 Å². The van der Waals surface area contributed by atoms with Crippen molar-refractivity contribution in [1.82, 2.24) is 15.1 Å². The van der Waals surface area contributed by atoms with Crippen LogP contribution >= 0.6 is 12.2 Å². The van der Waals surface area contributed by atoms with Gasteiger partial charge < -0.3 is 15.1 Å². The molecular formula is C22H24N4O2S. The number of piperazine rings is 1. The third-order valence-corrected chi connectivity index (χ3v) is 6.57. The average Bonchev–Trinajstić information content (AvgIpc) is 3.37. The number of nitrogens with one attached hydrogen (secondary N) is 1. The molecule has 3 saturated heterocycles. The maximum atomic E-state index is 13.4. The Balaban J connectivity index is 1.45. The zero-order chi connectivity index (χ0) is 20.3. The number of amides is 3. The SMILES string of the molecule is CC(C)CNC(=S)N1CC2CC1[C@@H]1C(=O)N(c3cccc4ccccc34)C(=O)N21. The van der Waals surface area contributed by atoms with Crippen molar-refractivity contribution in [3.8, 4) is 0 Å². The van der Waals surface area contributed by atoms with E-state index >= 15 is 0 Å². The Morgan fingerprint density at radius 2 is 1.93 bits per heavy atom. The molecule has 6 nitrogen and oxygen atoms in total. The maximum absolute atomic E-state index is 13.4. The highest BCUT2D eigenvalue weighted by molar-refractivity contribution is 7.80. The summed E-state index contributed by atoms with van der Waals surface area (Å²) < 4.78 is 0. The van der Waals surface area contributed by atoms with Gasteiger partial charge in [-0.1, -0.05) is 50.2 Å². The number of urea groups is 1. The Bertz CT molecular complexity index is 1020. The molecule has 3 heterocycles. The molecule has 0 spiro atoms. The van der Waals surface area contributed by atoms with E-state index in [4.69, 9.17) is 12.2 Å². The lowest BCUT2D eigenvalue weighted by molar-refractivity contribution is -0.120. The Hall–Kier alpha value is -2.67. The predicted octanol–water partition coefficient (Wildman–Crippen LogP) is 2.96. The monoisotopic (exact) mass is 408 g/mol. The van der Waals surface area contributed by atoms with Gasteiger partial charge in [0.1, 0.15) is 6.04 Å². The molecule has 2 bridgehead atoms. The molecule has 0 aromatic heterocycles. The predicted molar refractivity (Wildman–Crippen MR) is 117 cm³/mol. The molecule has 3 aliphatic rings. The Labute approximate surface area is 175 Å². The van der Waals surface area contributed by atoms with Crippen molar-refractivity contribution >= 4 is 45.7 Å². The molecule has 5 rings (SSSR count). The first-order chi connectivity index (χ1) is 14.0. The summed E-state index contributed by atoms with van der Waals surface area (Å²) in [6, 6.07) is 12.9. The van der Waals surface area contributed by atoms with Gasteiger partial charge in [0.05, 0.1) is 17.8 Å². The van der Waals surface area contributed by atoms with Gasteiger partial charge in [-0.2, -0.15) is 0 Å². The molecule has 7 heteroatoms. The number of hydrogen-bond donors (Lipinski definition) is 1. The Morgan fingerprint density at radius 1 is 1.17 bits per heavy atom. The number of likely N-dealkylation sites (tertiary alicyclic amines) is 1. The number of carbonyl (C=O) groups is 2. The molecular weight excluding hydrogens is 384 g/mol. The third kappa shape index (κ3) is 2.71. The second kappa shape index (κ2) is 6.69. The molecule has 0 saturated carbocycles. The van der Waals surface area contributed by atoms with Crippen LogP contribution in [0, 0.1) is 5.92 Å². The molecule has 29 heavy (non-hydrogen) atoms. The molecule has 150 valence electrons. The number of fused-ring (bicyclic) bond motifs is 6. The second-order valence-corrected chi connectivity index (χ2v) is 8.88. The maximum Gasteiger partial charge on any atom is 0.332 e. The van der Waals surface area contributed by atoms with Crippen LogP contribution in [0.25, 0.3) is 10.8 Å². The van der Waals surface area contributed by atoms with Crippen LogP contribution in [0.4, 0.5) is 10.5 Å². The van der Waals surface area contributed by atoms with Gasteiger partial charge >= 0.3 is 6.03 Å². The van der Waals surface area contributed by atoms with Crippen LogP contribution < -0.4 is 10.2 Å². The summed E-state index contributed by atoms with van der Waals surface area (Å²) in [5, 5.41) is 5.93. The lowest BCUT2D eigenvalue weighted by Gasteiger charge is -2.36. The molecule has 3 fully saturated rings. The fraction of sp³-hybridized carbons (Fsp3) is 0.409. The first kappa shape index (κ1) is 18.4. The lowest BCUT2D eigenvalue weighted by Crippen LogP contribution is -2.57. The van der Waals surface area contributed by atoms with Crippen molar-refractivity contribution in [2.45, 2.75) is 38.4 Å². The van der Waals surface area contributed by atoms with Crippen LogP contribution in [0.15, 0.2) is 42.5 Å². The number of carbonyl (C=O) groups excluding carboxylic acids is 2. The average molecular weight is 409 g/mol. The van der Waals surface area contributed by atoms with Crippen LogP contribution in [-0.4, -0.2) is 58.1 Å². The molecule has 2 unspecified atom stereocenters. The summed E-state index contributed by atoms with van der Waals surface area (Å²) >= 11 is 5.60. The highest BCUT2D eigenvalue weighted by Crippen LogP contribution is 2.43. The summed E-state index contributed by atoms with van der Waals surface area (Å²) in [4.78, 5) is 32.0. The van der Waals surface area contributed by atoms with E-state index in [1.54, 1.807) is 4.90 Å². The third-order valence-electron chi connectivity index (χ3n) is 6.19. The van der Waals surface area contributed by atoms with Crippen LogP contribution in [0.5, 0.6) is 0 Å². The van der Waals surface area contributed by atoms with E-state index in [1.165, 1.54) is 4.90 Å². The van der Waals surface area contributed by atoms with Crippen LogP contribution in [-0.2, 0) is 4.79 Å². The van der Waals surface area contributed by atoms with E-state index < -0.39 is 6.04 Å². The summed E-state index contributed by atoms with van der Waals surface area (Å²) in [5.74, 6) is 0.344. The first-order valence-corrected chi connectivity index (χ1v) is 10.6. The van der Waals surface area contributed by atoms with Gasteiger partial charge in [-0.05, 0) is 36.0 Å². The quantitative estimate of drug-likeness (QED) is 0.625. The van der Waals surface area contributed by atoms with Crippen LogP contribution in [0.3, 0.4) is 0 Å². The smallest absolute Gasteiger partial charge is 0.332 e. The number of hydrogen-bond acceptors (Lipinski definition) is 3. The number of nitrogens with zero attached hydrogens (tertiary/aromatic N) is 3.